The van der Waals surface area contributed by atoms with Crippen LogP contribution in [0.25, 0.3) is 0 Å². The second-order valence-electron chi connectivity index (χ2n) is 6.16. The number of nitrogens with one attached hydrogen (secondary N) is 1. The normalized spacial score (nSPS) is 10.4. The molecule has 138 valence electrons. The van der Waals surface area contributed by atoms with E-state index in [2.05, 4.69) is 57.3 Å². The van der Waals surface area contributed by atoms with Crippen LogP contribution in [0, 0.1) is 5.92 Å². The van der Waals surface area contributed by atoms with E-state index in [0.717, 1.165) is 24.6 Å². The zero-order chi connectivity index (χ0) is 18.7. The minimum Gasteiger partial charge on any atom is -0.496 e. The molecule has 0 fully saturated rings. The molecule has 0 atom stereocenters. The lowest BCUT2D eigenvalue weighted by molar-refractivity contribution is 0.390. The Hall–Kier alpha value is -2.00. The first-order valence-corrected chi connectivity index (χ1v) is 9.07. The van der Waals surface area contributed by atoms with Crippen LogP contribution in [0.4, 0.5) is 0 Å². The van der Waals surface area contributed by atoms with Gasteiger partial charge < -0.3 is 14.8 Å². The Labute approximate surface area is 153 Å². The van der Waals surface area contributed by atoms with Gasteiger partial charge in [0.1, 0.15) is 11.5 Å². The summed E-state index contributed by atoms with van der Waals surface area (Å²) in [6.45, 7) is 10.8. The van der Waals surface area contributed by atoms with Crippen LogP contribution < -0.4 is 14.8 Å². The van der Waals surface area contributed by atoms with Gasteiger partial charge in [-0.05, 0) is 31.1 Å². The molecule has 25 heavy (non-hydrogen) atoms. The molecule has 2 rings (SSSR count). The van der Waals surface area contributed by atoms with E-state index in [1.807, 2.05) is 24.3 Å². The maximum atomic E-state index is 5.53. The number of hydrogen-bond acceptors (Lipinski definition) is 3. The number of para-hydroxylation sites is 2. The molecular formula is C22H33NO2. The maximum absolute atomic E-state index is 5.53. The van der Waals surface area contributed by atoms with E-state index in [9.17, 15) is 0 Å². The topological polar surface area (TPSA) is 30.5 Å². The van der Waals surface area contributed by atoms with E-state index in [1.165, 1.54) is 11.1 Å². The molecule has 0 unspecified atom stereocenters. The minimum atomic E-state index is 0.252. The Balaban J connectivity index is 0.000000550. The van der Waals surface area contributed by atoms with Crippen LogP contribution in [0.2, 0.25) is 0 Å². The van der Waals surface area contributed by atoms with Crippen molar-refractivity contribution in [3.63, 3.8) is 0 Å². The molecule has 1 N–H and O–H groups in total. The number of benzene rings is 2. The van der Waals surface area contributed by atoms with Crippen LogP contribution in [0.3, 0.4) is 0 Å². The van der Waals surface area contributed by atoms with Gasteiger partial charge in [0, 0.05) is 17.0 Å². The molecule has 0 radical (unpaired) electrons. The highest BCUT2D eigenvalue weighted by molar-refractivity contribution is 5.47. The highest BCUT2D eigenvalue weighted by Gasteiger charge is 2.24. The summed E-state index contributed by atoms with van der Waals surface area (Å²) in [5, 5.41) is 3.11. The summed E-state index contributed by atoms with van der Waals surface area (Å²) in [6.07, 6.45) is 0. The Morgan fingerprint density at radius 2 is 1.16 bits per heavy atom. The highest BCUT2D eigenvalue weighted by Crippen LogP contribution is 2.40. The van der Waals surface area contributed by atoms with Crippen molar-refractivity contribution >= 4 is 0 Å². The van der Waals surface area contributed by atoms with E-state index >= 15 is 0 Å². The minimum absolute atomic E-state index is 0.252. The monoisotopic (exact) mass is 343 g/mol. The van der Waals surface area contributed by atoms with Crippen molar-refractivity contribution in [2.75, 3.05) is 27.3 Å². The van der Waals surface area contributed by atoms with Gasteiger partial charge in [0.2, 0.25) is 0 Å². The fraction of sp³-hybridized carbons (Fsp3) is 0.455. The zero-order valence-corrected chi connectivity index (χ0v) is 16.5. The Morgan fingerprint density at radius 3 is 1.44 bits per heavy atom. The molecule has 2 aromatic rings. The SMILES string of the molecule is CCNCC.COc1ccccc1C(c1ccccc1OC)C(C)C. The molecule has 0 heterocycles. The van der Waals surface area contributed by atoms with Gasteiger partial charge in [-0.15, -0.1) is 0 Å². The van der Waals surface area contributed by atoms with E-state index in [4.69, 9.17) is 9.47 Å². The molecule has 0 aromatic heterocycles. The zero-order valence-electron chi connectivity index (χ0n) is 16.5. The third-order valence-corrected chi connectivity index (χ3v) is 4.11. The first kappa shape index (κ1) is 21.0. The quantitative estimate of drug-likeness (QED) is 0.758. The summed E-state index contributed by atoms with van der Waals surface area (Å²) in [6, 6.07) is 16.4. The number of ether oxygens (including phenoxy) is 2. The van der Waals surface area contributed by atoms with Gasteiger partial charge in [0.25, 0.3) is 0 Å². The van der Waals surface area contributed by atoms with Gasteiger partial charge >= 0.3 is 0 Å². The Kier molecular flexibility index (Phi) is 9.71. The van der Waals surface area contributed by atoms with Gasteiger partial charge in [-0.25, -0.2) is 0 Å². The van der Waals surface area contributed by atoms with Crippen molar-refractivity contribution < 1.29 is 9.47 Å². The predicted molar refractivity (Wildman–Crippen MR) is 107 cm³/mol. The van der Waals surface area contributed by atoms with E-state index in [-0.39, 0.29) is 5.92 Å². The van der Waals surface area contributed by atoms with Gasteiger partial charge in [-0.1, -0.05) is 64.1 Å². The number of methoxy groups -OCH3 is 2. The van der Waals surface area contributed by atoms with Crippen molar-refractivity contribution in [3.05, 3.63) is 59.7 Å². The molecule has 0 aliphatic heterocycles. The third-order valence-electron chi connectivity index (χ3n) is 4.11. The predicted octanol–water partition coefficient (Wildman–Crippen LogP) is 5.11. The summed E-state index contributed by atoms with van der Waals surface area (Å²) >= 11 is 0. The highest BCUT2D eigenvalue weighted by atomic mass is 16.5. The molecule has 3 nitrogen and oxygen atoms in total. The fourth-order valence-corrected chi connectivity index (χ4v) is 2.98. The molecule has 0 aliphatic rings. The lowest BCUT2D eigenvalue weighted by Gasteiger charge is -2.25. The van der Waals surface area contributed by atoms with Crippen molar-refractivity contribution in [2.24, 2.45) is 5.92 Å². The largest absolute Gasteiger partial charge is 0.496 e. The standard InChI is InChI=1S/C18H22O2.C4H11N/c1-13(2)18(14-9-5-7-11-16(14)19-3)15-10-6-8-12-17(15)20-4;1-3-5-4-2/h5-13,18H,1-4H3;5H,3-4H2,1-2H3. The van der Waals surface area contributed by atoms with Crippen LogP contribution in [-0.4, -0.2) is 27.3 Å². The summed E-state index contributed by atoms with van der Waals surface area (Å²) in [5.74, 6) is 2.55. The first-order chi connectivity index (χ1) is 12.1. The van der Waals surface area contributed by atoms with E-state index in [0.29, 0.717) is 5.92 Å². The maximum Gasteiger partial charge on any atom is 0.122 e. The van der Waals surface area contributed by atoms with E-state index < -0.39 is 0 Å². The average Bonchev–Trinajstić information content (AvgIpc) is 2.63. The van der Waals surface area contributed by atoms with Gasteiger partial charge in [0.05, 0.1) is 14.2 Å². The molecule has 0 amide bonds. The van der Waals surface area contributed by atoms with Crippen molar-refractivity contribution in [1.82, 2.24) is 5.32 Å². The Bertz CT molecular complexity index is 561. The lowest BCUT2D eigenvalue weighted by Crippen LogP contribution is -2.11. The molecular weight excluding hydrogens is 310 g/mol. The van der Waals surface area contributed by atoms with Crippen molar-refractivity contribution in [2.45, 2.75) is 33.6 Å². The van der Waals surface area contributed by atoms with Gasteiger partial charge in [-0.3, -0.25) is 0 Å². The van der Waals surface area contributed by atoms with Crippen molar-refractivity contribution in [3.8, 4) is 11.5 Å². The first-order valence-electron chi connectivity index (χ1n) is 9.07. The number of rotatable bonds is 7. The van der Waals surface area contributed by atoms with Gasteiger partial charge in [0.15, 0.2) is 0 Å². The molecule has 0 saturated carbocycles. The van der Waals surface area contributed by atoms with Crippen LogP contribution in [0.1, 0.15) is 44.7 Å². The lowest BCUT2D eigenvalue weighted by atomic mass is 9.81. The molecule has 0 bridgehead atoms. The van der Waals surface area contributed by atoms with Crippen LogP contribution in [0.5, 0.6) is 11.5 Å². The molecule has 3 heteroatoms. The van der Waals surface area contributed by atoms with E-state index in [1.54, 1.807) is 14.2 Å². The van der Waals surface area contributed by atoms with Crippen LogP contribution in [-0.2, 0) is 0 Å². The summed E-state index contributed by atoms with van der Waals surface area (Å²) < 4.78 is 11.1. The summed E-state index contributed by atoms with van der Waals surface area (Å²) in [7, 11) is 3.44. The molecule has 0 saturated heterocycles. The van der Waals surface area contributed by atoms with Gasteiger partial charge in [-0.2, -0.15) is 0 Å². The summed E-state index contributed by atoms with van der Waals surface area (Å²) in [5.41, 5.74) is 2.41. The summed E-state index contributed by atoms with van der Waals surface area (Å²) in [4.78, 5) is 0. The molecule has 0 aliphatic carbocycles. The Morgan fingerprint density at radius 1 is 0.760 bits per heavy atom. The van der Waals surface area contributed by atoms with Crippen LogP contribution >= 0.6 is 0 Å². The second-order valence-corrected chi connectivity index (χ2v) is 6.16. The second kappa shape index (κ2) is 11.5. The molecule has 2 aromatic carbocycles. The number of hydrogen-bond donors (Lipinski definition) is 1. The van der Waals surface area contributed by atoms with Crippen molar-refractivity contribution in [1.29, 1.82) is 0 Å². The van der Waals surface area contributed by atoms with Crippen LogP contribution in [0.15, 0.2) is 48.5 Å². The smallest absolute Gasteiger partial charge is 0.122 e. The average molecular weight is 344 g/mol. The molecule has 0 spiro atoms. The third kappa shape index (κ3) is 6.09. The fourth-order valence-electron chi connectivity index (χ4n) is 2.98.